The van der Waals surface area contributed by atoms with E-state index in [1.54, 1.807) is 6.92 Å². The zero-order valence-corrected chi connectivity index (χ0v) is 10.7. The standard InChI is InChI=1S/C13H16N2O4/c1-8-6-9(15(17)18)7-11(13(14)16)12(8)19-10-4-2-3-5-10/h6-7,10H,2-5H2,1H3,(H2,14,16). The number of amides is 1. The molecule has 2 N–H and O–H groups in total. The van der Waals surface area contributed by atoms with Crippen molar-refractivity contribution in [2.45, 2.75) is 38.7 Å². The molecule has 0 bridgehead atoms. The summed E-state index contributed by atoms with van der Waals surface area (Å²) in [5.41, 5.74) is 5.78. The van der Waals surface area contributed by atoms with Crippen molar-refractivity contribution in [1.29, 1.82) is 0 Å². The molecule has 6 heteroatoms. The van der Waals surface area contributed by atoms with Crippen LogP contribution < -0.4 is 10.5 Å². The molecule has 0 aromatic heterocycles. The highest BCUT2D eigenvalue weighted by Crippen LogP contribution is 2.32. The second kappa shape index (κ2) is 5.26. The SMILES string of the molecule is Cc1cc([N+](=O)[O-])cc(C(N)=O)c1OC1CCCC1. The third-order valence-electron chi connectivity index (χ3n) is 3.32. The van der Waals surface area contributed by atoms with Gasteiger partial charge in [0.2, 0.25) is 0 Å². The molecule has 1 aromatic rings. The lowest BCUT2D eigenvalue weighted by Crippen LogP contribution is -2.18. The summed E-state index contributed by atoms with van der Waals surface area (Å²) in [5.74, 6) is -0.329. The van der Waals surface area contributed by atoms with E-state index in [0.717, 1.165) is 25.7 Å². The quantitative estimate of drug-likeness (QED) is 0.666. The van der Waals surface area contributed by atoms with Crippen molar-refractivity contribution >= 4 is 11.6 Å². The number of carbonyl (C=O) groups is 1. The van der Waals surface area contributed by atoms with Gasteiger partial charge in [-0.2, -0.15) is 0 Å². The van der Waals surface area contributed by atoms with E-state index < -0.39 is 10.8 Å². The largest absolute Gasteiger partial charge is 0.489 e. The minimum Gasteiger partial charge on any atom is -0.489 e. The summed E-state index contributed by atoms with van der Waals surface area (Å²) in [7, 11) is 0. The van der Waals surface area contributed by atoms with E-state index in [-0.39, 0.29) is 17.4 Å². The van der Waals surface area contributed by atoms with Gasteiger partial charge in [-0.25, -0.2) is 0 Å². The summed E-state index contributed by atoms with van der Waals surface area (Å²) < 4.78 is 5.81. The molecule has 1 aliphatic carbocycles. The Morgan fingerprint density at radius 1 is 1.42 bits per heavy atom. The molecule has 0 spiro atoms. The van der Waals surface area contributed by atoms with Crippen molar-refractivity contribution in [3.05, 3.63) is 33.4 Å². The molecule has 0 radical (unpaired) electrons. The van der Waals surface area contributed by atoms with E-state index in [0.29, 0.717) is 11.3 Å². The van der Waals surface area contributed by atoms with Crippen molar-refractivity contribution in [1.82, 2.24) is 0 Å². The molecule has 0 atom stereocenters. The predicted octanol–water partition coefficient (Wildman–Crippen LogP) is 2.32. The number of nitrogens with two attached hydrogens (primary N) is 1. The molecule has 2 rings (SSSR count). The Bertz CT molecular complexity index is 522. The molecular formula is C13H16N2O4. The van der Waals surface area contributed by atoms with Crippen LogP contribution in [0.1, 0.15) is 41.6 Å². The van der Waals surface area contributed by atoms with Gasteiger partial charge >= 0.3 is 0 Å². The van der Waals surface area contributed by atoms with Crippen LogP contribution in [-0.2, 0) is 0 Å². The van der Waals surface area contributed by atoms with E-state index in [2.05, 4.69) is 0 Å². The Balaban J connectivity index is 2.39. The van der Waals surface area contributed by atoms with Gasteiger partial charge in [0.25, 0.3) is 11.6 Å². The van der Waals surface area contributed by atoms with Gasteiger partial charge in [0, 0.05) is 12.1 Å². The highest BCUT2D eigenvalue weighted by molar-refractivity contribution is 5.96. The monoisotopic (exact) mass is 264 g/mol. The van der Waals surface area contributed by atoms with Gasteiger partial charge in [-0.15, -0.1) is 0 Å². The number of nitro groups is 1. The molecule has 0 heterocycles. The normalized spacial score (nSPS) is 15.4. The van der Waals surface area contributed by atoms with Gasteiger partial charge in [-0.1, -0.05) is 0 Å². The van der Waals surface area contributed by atoms with Crippen LogP contribution in [0.2, 0.25) is 0 Å². The number of rotatable bonds is 4. The third kappa shape index (κ3) is 2.83. The molecular weight excluding hydrogens is 248 g/mol. The highest BCUT2D eigenvalue weighted by Gasteiger charge is 2.23. The van der Waals surface area contributed by atoms with Crippen molar-refractivity contribution in [3.8, 4) is 5.75 Å². The predicted molar refractivity (Wildman–Crippen MR) is 69.2 cm³/mol. The lowest BCUT2D eigenvalue weighted by atomic mass is 10.1. The number of nitrogens with zero attached hydrogens (tertiary/aromatic N) is 1. The number of ether oxygens (including phenoxy) is 1. The molecule has 102 valence electrons. The van der Waals surface area contributed by atoms with E-state index in [4.69, 9.17) is 10.5 Å². The molecule has 1 fully saturated rings. The van der Waals surface area contributed by atoms with Crippen LogP contribution in [0.15, 0.2) is 12.1 Å². The summed E-state index contributed by atoms with van der Waals surface area (Å²) in [6.07, 6.45) is 4.15. The third-order valence-corrected chi connectivity index (χ3v) is 3.32. The summed E-state index contributed by atoms with van der Waals surface area (Å²) in [4.78, 5) is 21.7. The van der Waals surface area contributed by atoms with Crippen LogP contribution in [0, 0.1) is 17.0 Å². The van der Waals surface area contributed by atoms with Crippen LogP contribution in [-0.4, -0.2) is 16.9 Å². The maximum Gasteiger partial charge on any atom is 0.270 e. The number of carbonyl (C=O) groups excluding carboxylic acids is 1. The Kier molecular flexibility index (Phi) is 3.69. The second-order valence-electron chi connectivity index (χ2n) is 4.79. The minimum absolute atomic E-state index is 0.0678. The molecule has 1 saturated carbocycles. The number of hydrogen-bond acceptors (Lipinski definition) is 4. The lowest BCUT2D eigenvalue weighted by Gasteiger charge is -2.17. The number of hydrogen-bond donors (Lipinski definition) is 1. The Labute approximate surface area is 110 Å². The van der Waals surface area contributed by atoms with Gasteiger partial charge < -0.3 is 10.5 Å². The van der Waals surface area contributed by atoms with E-state index in [9.17, 15) is 14.9 Å². The zero-order valence-electron chi connectivity index (χ0n) is 10.7. The molecule has 0 saturated heterocycles. The number of aryl methyl sites for hydroxylation is 1. The lowest BCUT2D eigenvalue weighted by molar-refractivity contribution is -0.384. The van der Waals surface area contributed by atoms with Crippen LogP contribution >= 0.6 is 0 Å². The van der Waals surface area contributed by atoms with Crippen LogP contribution in [0.5, 0.6) is 5.75 Å². The summed E-state index contributed by atoms with van der Waals surface area (Å²) in [6, 6.07) is 2.58. The maximum absolute atomic E-state index is 11.4. The molecule has 1 aliphatic rings. The Morgan fingerprint density at radius 3 is 2.58 bits per heavy atom. The van der Waals surface area contributed by atoms with Crippen LogP contribution in [0.4, 0.5) is 5.69 Å². The molecule has 1 amide bonds. The maximum atomic E-state index is 11.4. The van der Waals surface area contributed by atoms with Gasteiger partial charge in [0.15, 0.2) is 0 Å². The average Bonchev–Trinajstić information content (AvgIpc) is 2.83. The van der Waals surface area contributed by atoms with Gasteiger partial charge in [-0.05, 0) is 38.2 Å². The molecule has 0 aliphatic heterocycles. The van der Waals surface area contributed by atoms with Crippen LogP contribution in [0.3, 0.4) is 0 Å². The number of non-ortho nitro benzene ring substituents is 1. The summed E-state index contributed by atoms with van der Waals surface area (Å²) in [6.45, 7) is 1.68. The van der Waals surface area contributed by atoms with Gasteiger partial charge in [0.05, 0.1) is 16.6 Å². The first-order valence-electron chi connectivity index (χ1n) is 6.24. The van der Waals surface area contributed by atoms with Crippen molar-refractivity contribution in [2.24, 2.45) is 5.73 Å². The number of nitro benzene ring substituents is 1. The van der Waals surface area contributed by atoms with E-state index in [1.807, 2.05) is 0 Å². The van der Waals surface area contributed by atoms with Gasteiger partial charge in [0.1, 0.15) is 5.75 Å². The Hall–Kier alpha value is -2.11. The second-order valence-corrected chi connectivity index (χ2v) is 4.79. The first-order chi connectivity index (χ1) is 8.99. The fraction of sp³-hybridized carbons (Fsp3) is 0.462. The van der Waals surface area contributed by atoms with Crippen molar-refractivity contribution in [3.63, 3.8) is 0 Å². The first-order valence-corrected chi connectivity index (χ1v) is 6.24. The smallest absolute Gasteiger partial charge is 0.270 e. The topological polar surface area (TPSA) is 95.5 Å². The Morgan fingerprint density at radius 2 is 2.05 bits per heavy atom. The van der Waals surface area contributed by atoms with Gasteiger partial charge in [-0.3, -0.25) is 14.9 Å². The zero-order chi connectivity index (χ0) is 14.0. The first kappa shape index (κ1) is 13.3. The average molecular weight is 264 g/mol. The number of primary amides is 1. The molecule has 0 unspecified atom stereocenters. The fourth-order valence-electron chi connectivity index (χ4n) is 2.37. The van der Waals surface area contributed by atoms with Crippen LogP contribution in [0.25, 0.3) is 0 Å². The minimum atomic E-state index is -0.709. The van der Waals surface area contributed by atoms with Crippen molar-refractivity contribution < 1.29 is 14.5 Å². The number of benzene rings is 1. The highest BCUT2D eigenvalue weighted by atomic mass is 16.6. The summed E-state index contributed by atoms with van der Waals surface area (Å²) >= 11 is 0. The summed E-state index contributed by atoms with van der Waals surface area (Å²) in [5, 5.41) is 10.8. The van der Waals surface area contributed by atoms with E-state index in [1.165, 1.54) is 12.1 Å². The molecule has 1 aromatic carbocycles. The van der Waals surface area contributed by atoms with Crippen molar-refractivity contribution in [2.75, 3.05) is 0 Å². The molecule has 6 nitrogen and oxygen atoms in total. The molecule has 19 heavy (non-hydrogen) atoms. The fourth-order valence-corrected chi connectivity index (χ4v) is 2.37. The van der Waals surface area contributed by atoms with E-state index >= 15 is 0 Å².